The maximum absolute atomic E-state index is 13.6. The number of hydrogen-bond acceptors (Lipinski definition) is 2. The summed E-state index contributed by atoms with van der Waals surface area (Å²) in [4.78, 5) is 0. The standard InChI is InChI=1S/C17H27F9O2/c18-14(19,15(20,21)16(22,23)17(24,25)26)10-8-13(9-12-28)7-5-3-1-2-4-6-11-27/h13,27-28H,1-12H2. The highest BCUT2D eigenvalue weighted by atomic mass is 19.4. The zero-order chi connectivity index (χ0) is 22.1. The average Bonchev–Trinajstić information content (AvgIpc) is 2.57. The van der Waals surface area contributed by atoms with Gasteiger partial charge in [-0.2, -0.15) is 39.5 Å². The molecule has 2 nitrogen and oxygen atoms in total. The number of aliphatic hydroxyl groups is 2. The molecule has 0 spiro atoms. The van der Waals surface area contributed by atoms with Crippen LogP contribution in [0.15, 0.2) is 0 Å². The Morgan fingerprint density at radius 3 is 1.50 bits per heavy atom. The van der Waals surface area contributed by atoms with Gasteiger partial charge >= 0.3 is 23.9 Å². The Bertz CT molecular complexity index is 425. The molecule has 1 unspecified atom stereocenters. The molecule has 11 heteroatoms. The average molecular weight is 434 g/mol. The second-order valence-corrected chi connectivity index (χ2v) is 6.90. The van der Waals surface area contributed by atoms with Crippen molar-refractivity contribution in [1.82, 2.24) is 0 Å². The van der Waals surface area contributed by atoms with Crippen LogP contribution in [0.3, 0.4) is 0 Å². The van der Waals surface area contributed by atoms with Crippen LogP contribution in [0, 0.1) is 5.92 Å². The van der Waals surface area contributed by atoms with Crippen LogP contribution in [-0.2, 0) is 0 Å². The molecule has 0 radical (unpaired) electrons. The van der Waals surface area contributed by atoms with Crippen molar-refractivity contribution in [2.75, 3.05) is 13.2 Å². The van der Waals surface area contributed by atoms with E-state index in [1.807, 2.05) is 0 Å². The Balaban J connectivity index is 4.70. The van der Waals surface area contributed by atoms with E-state index in [9.17, 15) is 39.5 Å². The number of alkyl halides is 9. The monoisotopic (exact) mass is 434 g/mol. The molecular formula is C17H27F9O2. The smallest absolute Gasteiger partial charge is 0.396 e. The Morgan fingerprint density at radius 1 is 0.536 bits per heavy atom. The molecule has 1 atom stereocenters. The first-order valence-corrected chi connectivity index (χ1v) is 9.16. The Morgan fingerprint density at radius 2 is 1.04 bits per heavy atom. The van der Waals surface area contributed by atoms with Crippen LogP contribution in [0.5, 0.6) is 0 Å². The Kier molecular flexibility index (Phi) is 11.2. The SMILES string of the molecule is OCCCCCCCCC(CCO)CCC(F)(F)C(F)(F)C(F)(F)C(F)(F)F. The van der Waals surface area contributed by atoms with E-state index in [-0.39, 0.29) is 19.4 Å². The maximum Gasteiger partial charge on any atom is 0.460 e. The van der Waals surface area contributed by atoms with E-state index in [0.29, 0.717) is 19.3 Å². The van der Waals surface area contributed by atoms with Crippen molar-refractivity contribution in [3.05, 3.63) is 0 Å². The molecule has 0 saturated heterocycles. The van der Waals surface area contributed by atoms with E-state index >= 15 is 0 Å². The summed E-state index contributed by atoms with van der Waals surface area (Å²) in [5.41, 5.74) is 0. The third kappa shape index (κ3) is 7.61. The van der Waals surface area contributed by atoms with Gasteiger partial charge in [-0.1, -0.05) is 38.5 Å². The fourth-order valence-electron chi connectivity index (χ4n) is 2.82. The molecule has 0 rings (SSSR count). The van der Waals surface area contributed by atoms with Crippen molar-refractivity contribution in [2.24, 2.45) is 5.92 Å². The maximum atomic E-state index is 13.6. The van der Waals surface area contributed by atoms with Gasteiger partial charge in [0, 0.05) is 19.6 Å². The molecule has 0 aliphatic carbocycles. The van der Waals surface area contributed by atoms with Gasteiger partial charge < -0.3 is 10.2 Å². The molecule has 0 aliphatic rings. The summed E-state index contributed by atoms with van der Waals surface area (Å²) < 4.78 is 116. The lowest BCUT2D eigenvalue weighted by atomic mass is 9.89. The predicted molar refractivity (Wildman–Crippen MR) is 84.7 cm³/mol. The Labute approximate surface area is 158 Å². The van der Waals surface area contributed by atoms with Crippen LogP contribution >= 0.6 is 0 Å². The van der Waals surface area contributed by atoms with Crippen LogP contribution in [0.2, 0.25) is 0 Å². The molecule has 0 aromatic rings. The van der Waals surface area contributed by atoms with Gasteiger partial charge in [0.25, 0.3) is 0 Å². The quantitative estimate of drug-likeness (QED) is 0.247. The van der Waals surface area contributed by atoms with Crippen molar-refractivity contribution in [3.8, 4) is 0 Å². The van der Waals surface area contributed by atoms with E-state index in [1.165, 1.54) is 0 Å². The molecule has 0 aliphatic heterocycles. The minimum Gasteiger partial charge on any atom is -0.396 e. The van der Waals surface area contributed by atoms with Crippen molar-refractivity contribution >= 4 is 0 Å². The molecule has 2 N–H and O–H groups in total. The van der Waals surface area contributed by atoms with Crippen LogP contribution in [0.4, 0.5) is 39.5 Å². The highest BCUT2D eigenvalue weighted by Crippen LogP contribution is 2.54. The van der Waals surface area contributed by atoms with E-state index in [0.717, 1.165) is 19.3 Å². The van der Waals surface area contributed by atoms with Crippen molar-refractivity contribution in [1.29, 1.82) is 0 Å². The van der Waals surface area contributed by atoms with Crippen LogP contribution in [0.25, 0.3) is 0 Å². The van der Waals surface area contributed by atoms with Gasteiger partial charge in [-0.25, -0.2) is 0 Å². The first kappa shape index (κ1) is 27.3. The van der Waals surface area contributed by atoms with Gasteiger partial charge in [0.2, 0.25) is 0 Å². The number of halogens is 9. The second-order valence-electron chi connectivity index (χ2n) is 6.90. The highest BCUT2D eigenvalue weighted by molar-refractivity contribution is 5.00. The molecule has 170 valence electrons. The normalized spacial score (nSPS) is 15.1. The summed E-state index contributed by atoms with van der Waals surface area (Å²) in [5, 5.41) is 17.6. The zero-order valence-electron chi connectivity index (χ0n) is 15.4. The van der Waals surface area contributed by atoms with Crippen molar-refractivity contribution in [2.45, 2.75) is 88.2 Å². The van der Waals surface area contributed by atoms with Crippen molar-refractivity contribution < 1.29 is 49.7 Å². The predicted octanol–water partition coefficient (Wildman–Crippen LogP) is 5.96. The van der Waals surface area contributed by atoms with E-state index in [4.69, 9.17) is 10.2 Å². The minimum absolute atomic E-state index is 0.0399. The summed E-state index contributed by atoms with van der Waals surface area (Å²) in [6.07, 6.45) is -4.84. The molecule has 0 bridgehead atoms. The summed E-state index contributed by atoms with van der Waals surface area (Å²) in [5.74, 6) is -19.7. The third-order valence-corrected chi connectivity index (χ3v) is 4.63. The summed E-state index contributed by atoms with van der Waals surface area (Å²) in [6.45, 7) is -0.368. The largest absolute Gasteiger partial charge is 0.460 e. The topological polar surface area (TPSA) is 40.5 Å². The molecule has 0 saturated carbocycles. The van der Waals surface area contributed by atoms with Gasteiger partial charge in [0.05, 0.1) is 0 Å². The molecule has 28 heavy (non-hydrogen) atoms. The van der Waals surface area contributed by atoms with Gasteiger partial charge in [-0.05, 0) is 25.2 Å². The van der Waals surface area contributed by atoms with Crippen LogP contribution in [-0.4, -0.2) is 47.4 Å². The van der Waals surface area contributed by atoms with Gasteiger partial charge in [-0.3, -0.25) is 0 Å². The Hall–Kier alpha value is -0.710. The number of unbranched alkanes of at least 4 members (excludes halogenated alkanes) is 5. The van der Waals surface area contributed by atoms with Crippen molar-refractivity contribution in [3.63, 3.8) is 0 Å². The lowest BCUT2D eigenvalue weighted by Crippen LogP contribution is -2.60. The van der Waals surface area contributed by atoms with E-state index in [2.05, 4.69) is 0 Å². The molecule has 0 aromatic carbocycles. The highest BCUT2D eigenvalue weighted by Gasteiger charge is 2.81. The van der Waals surface area contributed by atoms with Gasteiger partial charge in [-0.15, -0.1) is 0 Å². The number of rotatable bonds is 15. The lowest BCUT2D eigenvalue weighted by molar-refractivity contribution is -0.397. The fraction of sp³-hybridized carbons (Fsp3) is 1.00. The third-order valence-electron chi connectivity index (χ3n) is 4.63. The summed E-state index contributed by atoms with van der Waals surface area (Å²) >= 11 is 0. The zero-order valence-corrected chi connectivity index (χ0v) is 15.4. The van der Waals surface area contributed by atoms with E-state index < -0.39 is 49.3 Å². The van der Waals surface area contributed by atoms with Crippen LogP contribution in [0.1, 0.15) is 64.2 Å². The van der Waals surface area contributed by atoms with Gasteiger partial charge in [0.1, 0.15) is 0 Å². The first-order chi connectivity index (χ1) is 12.7. The fourth-order valence-corrected chi connectivity index (χ4v) is 2.82. The first-order valence-electron chi connectivity index (χ1n) is 9.16. The summed E-state index contributed by atoms with van der Waals surface area (Å²) in [7, 11) is 0. The van der Waals surface area contributed by atoms with Gasteiger partial charge in [0.15, 0.2) is 0 Å². The number of aliphatic hydroxyl groups excluding tert-OH is 2. The lowest BCUT2D eigenvalue weighted by Gasteiger charge is -2.34. The number of hydrogen-bond donors (Lipinski definition) is 2. The molecule has 0 heterocycles. The minimum atomic E-state index is -6.86. The molecule has 0 aromatic heterocycles. The molecule has 0 fully saturated rings. The molecular weight excluding hydrogens is 407 g/mol. The second kappa shape index (κ2) is 11.5. The van der Waals surface area contributed by atoms with Crippen LogP contribution < -0.4 is 0 Å². The van der Waals surface area contributed by atoms with E-state index in [1.54, 1.807) is 0 Å². The molecule has 0 amide bonds. The summed E-state index contributed by atoms with van der Waals surface area (Å²) in [6, 6.07) is 0.